The normalized spacial score (nSPS) is 12.5. The molecule has 1 aromatic heterocycles. The molecule has 3 aromatic rings. The minimum atomic E-state index is -0.641. The fourth-order valence-electron chi connectivity index (χ4n) is 2.53. The number of guanidine groups is 1. The summed E-state index contributed by atoms with van der Waals surface area (Å²) < 4.78 is 19.2. The number of phenols is 1. The van der Waals surface area contributed by atoms with E-state index in [-0.39, 0.29) is 35.8 Å². The van der Waals surface area contributed by atoms with Gasteiger partial charge in [0.05, 0.1) is 6.04 Å². The van der Waals surface area contributed by atoms with Crippen LogP contribution in [0.4, 0.5) is 4.39 Å². The van der Waals surface area contributed by atoms with Crippen molar-refractivity contribution in [3.05, 3.63) is 65.7 Å². The highest BCUT2D eigenvalue weighted by atomic mass is 127. The Kier molecular flexibility index (Phi) is 6.84. The largest absolute Gasteiger partial charge is 0.505 e. The first-order valence-electron chi connectivity index (χ1n) is 8.00. The van der Waals surface area contributed by atoms with Crippen LogP contribution in [-0.2, 0) is 6.54 Å². The van der Waals surface area contributed by atoms with Crippen LogP contribution in [-0.4, -0.2) is 18.1 Å². The fraction of sp³-hybridized carbons (Fsp3) is 0.211. The number of hydrogen-bond acceptors (Lipinski definition) is 3. The highest BCUT2D eigenvalue weighted by Crippen LogP contribution is 2.23. The highest BCUT2D eigenvalue weighted by molar-refractivity contribution is 14.0. The molecule has 0 fully saturated rings. The topological polar surface area (TPSA) is 69.8 Å². The van der Waals surface area contributed by atoms with Gasteiger partial charge in [0.1, 0.15) is 11.3 Å². The van der Waals surface area contributed by atoms with Crippen molar-refractivity contribution in [1.82, 2.24) is 10.6 Å². The van der Waals surface area contributed by atoms with Crippen LogP contribution < -0.4 is 10.6 Å². The van der Waals surface area contributed by atoms with Crippen molar-refractivity contribution in [2.45, 2.75) is 19.5 Å². The van der Waals surface area contributed by atoms with Gasteiger partial charge >= 0.3 is 0 Å². The molecule has 0 saturated heterocycles. The molecular weight excluding hydrogens is 448 g/mol. The number of halogens is 2. The highest BCUT2D eigenvalue weighted by Gasteiger charge is 2.13. The summed E-state index contributed by atoms with van der Waals surface area (Å²) in [5.74, 6) is 0.379. The molecule has 2 aromatic carbocycles. The summed E-state index contributed by atoms with van der Waals surface area (Å²) in [6.45, 7) is 2.36. The Morgan fingerprint density at radius 3 is 2.69 bits per heavy atom. The molecule has 7 heteroatoms. The van der Waals surface area contributed by atoms with E-state index in [2.05, 4.69) is 15.6 Å². The van der Waals surface area contributed by atoms with Crippen LogP contribution in [0.25, 0.3) is 11.0 Å². The molecule has 1 unspecified atom stereocenters. The molecule has 5 nitrogen and oxygen atoms in total. The lowest BCUT2D eigenvalue weighted by molar-refractivity contribution is 0.431. The molecule has 0 spiro atoms. The second-order valence-electron chi connectivity index (χ2n) is 5.76. The Morgan fingerprint density at radius 2 is 2.00 bits per heavy atom. The summed E-state index contributed by atoms with van der Waals surface area (Å²) in [6, 6.07) is 14.0. The van der Waals surface area contributed by atoms with Crippen molar-refractivity contribution in [1.29, 1.82) is 0 Å². The van der Waals surface area contributed by atoms with Crippen molar-refractivity contribution in [2.75, 3.05) is 7.05 Å². The zero-order valence-corrected chi connectivity index (χ0v) is 16.8. The summed E-state index contributed by atoms with van der Waals surface area (Å²) in [7, 11) is 1.66. The second-order valence-corrected chi connectivity index (χ2v) is 5.76. The first-order valence-corrected chi connectivity index (χ1v) is 8.00. The Labute approximate surface area is 168 Å². The lowest BCUT2D eigenvalue weighted by Gasteiger charge is -2.16. The minimum absolute atomic E-state index is 0. The van der Waals surface area contributed by atoms with Gasteiger partial charge in [0.25, 0.3) is 0 Å². The molecule has 0 saturated carbocycles. The maximum atomic E-state index is 13.4. The predicted molar refractivity (Wildman–Crippen MR) is 111 cm³/mol. The van der Waals surface area contributed by atoms with E-state index in [0.29, 0.717) is 18.1 Å². The average Bonchev–Trinajstić information content (AvgIpc) is 3.05. The van der Waals surface area contributed by atoms with Crippen molar-refractivity contribution in [3.63, 3.8) is 0 Å². The van der Waals surface area contributed by atoms with Gasteiger partial charge in [0, 0.05) is 19.0 Å². The van der Waals surface area contributed by atoms with Gasteiger partial charge in [-0.15, -0.1) is 24.0 Å². The van der Waals surface area contributed by atoms with Crippen molar-refractivity contribution < 1.29 is 13.9 Å². The van der Waals surface area contributed by atoms with Gasteiger partial charge in [-0.05, 0) is 36.8 Å². The molecule has 0 aliphatic carbocycles. The third-order valence-corrected chi connectivity index (χ3v) is 3.92. The van der Waals surface area contributed by atoms with E-state index in [1.165, 1.54) is 12.1 Å². The van der Waals surface area contributed by atoms with E-state index in [9.17, 15) is 9.50 Å². The number of phenolic OH excluding ortho intramolecular Hbond substituents is 1. The number of aromatic hydroxyl groups is 1. The minimum Gasteiger partial charge on any atom is -0.505 e. The fourth-order valence-corrected chi connectivity index (χ4v) is 2.53. The van der Waals surface area contributed by atoms with Crippen molar-refractivity contribution >= 4 is 40.9 Å². The molecule has 0 aliphatic heterocycles. The van der Waals surface area contributed by atoms with E-state index in [1.807, 2.05) is 37.3 Å². The van der Waals surface area contributed by atoms with Gasteiger partial charge < -0.3 is 20.2 Å². The van der Waals surface area contributed by atoms with Gasteiger partial charge in [0.2, 0.25) is 0 Å². The summed E-state index contributed by atoms with van der Waals surface area (Å²) in [5, 5.41) is 16.6. The number of benzene rings is 2. The first-order chi connectivity index (χ1) is 12.1. The summed E-state index contributed by atoms with van der Waals surface area (Å²) in [4.78, 5) is 4.17. The van der Waals surface area contributed by atoms with Crippen LogP contribution in [0.3, 0.4) is 0 Å². The summed E-state index contributed by atoms with van der Waals surface area (Å²) in [6.07, 6.45) is 0. The van der Waals surface area contributed by atoms with Gasteiger partial charge in [-0.2, -0.15) is 0 Å². The van der Waals surface area contributed by atoms with E-state index in [4.69, 9.17) is 4.42 Å². The van der Waals surface area contributed by atoms with Crippen LogP contribution in [0.5, 0.6) is 5.75 Å². The molecule has 0 radical (unpaired) electrons. The molecule has 3 N–H and O–H groups in total. The quantitative estimate of drug-likeness (QED) is 0.303. The first kappa shape index (κ1) is 20.0. The standard InChI is InChI=1S/C19H20FN3O2.HI/c1-12(18-10-14-5-3-4-6-17(14)25-18)23-19(21-2)22-11-13-7-8-16(24)15(20)9-13;/h3-10,12,24H,11H2,1-2H3,(H2,21,22,23);1H. The van der Waals surface area contributed by atoms with Crippen LogP contribution in [0.1, 0.15) is 24.3 Å². The summed E-state index contributed by atoms with van der Waals surface area (Å²) >= 11 is 0. The lowest BCUT2D eigenvalue weighted by atomic mass is 10.2. The van der Waals surface area contributed by atoms with Gasteiger partial charge in [-0.1, -0.05) is 24.3 Å². The second kappa shape index (κ2) is 8.88. The van der Waals surface area contributed by atoms with Crippen LogP contribution in [0.2, 0.25) is 0 Å². The zero-order valence-electron chi connectivity index (χ0n) is 14.5. The maximum Gasteiger partial charge on any atom is 0.191 e. The van der Waals surface area contributed by atoms with Crippen molar-refractivity contribution in [3.8, 4) is 5.75 Å². The number of para-hydroxylation sites is 1. The van der Waals surface area contributed by atoms with Gasteiger partial charge in [-0.3, -0.25) is 4.99 Å². The van der Waals surface area contributed by atoms with Gasteiger partial charge in [-0.25, -0.2) is 4.39 Å². The number of aliphatic imine (C=N–C) groups is 1. The van der Waals surface area contributed by atoms with E-state index >= 15 is 0 Å². The molecule has 1 heterocycles. The SMILES string of the molecule is CN=C(NCc1ccc(O)c(F)c1)NC(C)c1cc2ccccc2o1.I. The van der Waals surface area contributed by atoms with Crippen LogP contribution in [0.15, 0.2) is 57.9 Å². The number of furan rings is 1. The Balaban J connectivity index is 0.00000243. The smallest absolute Gasteiger partial charge is 0.191 e. The predicted octanol–water partition coefficient (Wildman–Crippen LogP) is 4.32. The van der Waals surface area contributed by atoms with E-state index in [1.54, 1.807) is 13.1 Å². The number of rotatable bonds is 4. The molecular formula is C19H21FIN3O2. The Bertz CT molecular complexity index is 878. The molecule has 0 amide bonds. The average molecular weight is 469 g/mol. The molecule has 0 aliphatic rings. The van der Waals surface area contributed by atoms with Crippen LogP contribution >= 0.6 is 24.0 Å². The summed E-state index contributed by atoms with van der Waals surface area (Å²) in [5.41, 5.74) is 1.54. The van der Waals surface area contributed by atoms with E-state index < -0.39 is 5.82 Å². The maximum absolute atomic E-state index is 13.4. The molecule has 3 rings (SSSR count). The number of nitrogens with zero attached hydrogens (tertiary/aromatic N) is 1. The van der Waals surface area contributed by atoms with E-state index in [0.717, 1.165) is 16.7 Å². The number of hydrogen-bond donors (Lipinski definition) is 3. The Morgan fingerprint density at radius 1 is 1.23 bits per heavy atom. The van der Waals surface area contributed by atoms with Crippen LogP contribution in [0, 0.1) is 5.82 Å². The third kappa shape index (κ3) is 4.66. The third-order valence-electron chi connectivity index (χ3n) is 3.92. The number of nitrogens with one attached hydrogen (secondary N) is 2. The molecule has 1 atom stereocenters. The monoisotopic (exact) mass is 469 g/mol. The number of fused-ring (bicyclic) bond motifs is 1. The molecule has 0 bridgehead atoms. The zero-order chi connectivity index (χ0) is 17.8. The van der Waals surface area contributed by atoms with Crippen molar-refractivity contribution in [2.24, 2.45) is 4.99 Å². The molecule has 26 heavy (non-hydrogen) atoms. The Hall–Kier alpha value is -2.29. The van der Waals surface area contributed by atoms with Gasteiger partial charge in [0.15, 0.2) is 17.5 Å². The lowest BCUT2D eigenvalue weighted by Crippen LogP contribution is -2.38. The molecule has 138 valence electrons.